The lowest BCUT2D eigenvalue weighted by Crippen LogP contribution is -2.47. The second kappa shape index (κ2) is 7.27. The van der Waals surface area contributed by atoms with Gasteiger partial charge in [-0.15, -0.1) is 11.8 Å². The average molecular weight is 282 g/mol. The van der Waals surface area contributed by atoms with Gasteiger partial charge in [-0.1, -0.05) is 6.92 Å². The molecular weight excluding hydrogens is 259 g/mol. The quantitative estimate of drug-likeness (QED) is 0.842. The summed E-state index contributed by atoms with van der Waals surface area (Å²) in [6.07, 6.45) is 2.50. The SMILES string of the molecule is CC1CCN(CCSc2ccc(F)cc2)C(CN)C1. The maximum Gasteiger partial charge on any atom is 0.123 e. The summed E-state index contributed by atoms with van der Waals surface area (Å²) in [7, 11) is 0. The van der Waals surface area contributed by atoms with Crippen LogP contribution in [0, 0.1) is 11.7 Å². The standard InChI is InChI=1S/C15H23FN2S/c1-12-6-7-18(14(10-12)11-17)8-9-19-15-4-2-13(16)3-5-15/h2-5,12,14H,6-11,17H2,1H3. The Morgan fingerprint density at radius 1 is 1.37 bits per heavy atom. The van der Waals surface area contributed by atoms with E-state index in [1.165, 1.54) is 25.0 Å². The molecule has 0 radical (unpaired) electrons. The minimum absolute atomic E-state index is 0.169. The maximum atomic E-state index is 12.8. The largest absolute Gasteiger partial charge is 0.329 e. The van der Waals surface area contributed by atoms with Crippen LogP contribution >= 0.6 is 11.8 Å². The van der Waals surface area contributed by atoms with Crippen LogP contribution in [0.2, 0.25) is 0 Å². The highest BCUT2D eigenvalue weighted by molar-refractivity contribution is 7.99. The Hall–Kier alpha value is -0.580. The number of halogens is 1. The molecule has 1 aliphatic rings. The molecule has 2 rings (SSSR count). The Morgan fingerprint density at radius 3 is 2.79 bits per heavy atom. The van der Waals surface area contributed by atoms with Crippen LogP contribution in [-0.4, -0.2) is 36.3 Å². The summed E-state index contributed by atoms with van der Waals surface area (Å²) in [6, 6.07) is 7.27. The first-order valence-electron chi connectivity index (χ1n) is 7.01. The summed E-state index contributed by atoms with van der Waals surface area (Å²) in [5.41, 5.74) is 5.87. The smallest absolute Gasteiger partial charge is 0.123 e. The number of nitrogens with two attached hydrogens (primary N) is 1. The molecule has 1 aliphatic heterocycles. The molecule has 2 N–H and O–H groups in total. The number of likely N-dealkylation sites (tertiary alicyclic amines) is 1. The second-order valence-electron chi connectivity index (χ2n) is 5.36. The van der Waals surface area contributed by atoms with Gasteiger partial charge in [0.25, 0.3) is 0 Å². The molecule has 2 unspecified atom stereocenters. The zero-order valence-corrected chi connectivity index (χ0v) is 12.3. The van der Waals surface area contributed by atoms with E-state index in [4.69, 9.17) is 5.73 Å². The summed E-state index contributed by atoms with van der Waals surface area (Å²) in [4.78, 5) is 3.65. The zero-order valence-electron chi connectivity index (χ0n) is 11.5. The van der Waals surface area contributed by atoms with Crippen molar-refractivity contribution in [3.05, 3.63) is 30.1 Å². The Bertz CT molecular complexity index is 382. The van der Waals surface area contributed by atoms with Crippen molar-refractivity contribution >= 4 is 11.8 Å². The molecule has 19 heavy (non-hydrogen) atoms. The van der Waals surface area contributed by atoms with Gasteiger partial charge >= 0.3 is 0 Å². The van der Waals surface area contributed by atoms with Crippen LogP contribution in [0.1, 0.15) is 19.8 Å². The summed E-state index contributed by atoms with van der Waals surface area (Å²) in [5.74, 6) is 1.67. The lowest BCUT2D eigenvalue weighted by atomic mass is 9.92. The van der Waals surface area contributed by atoms with Gasteiger partial charge in [0, 0.05) is 29.8 Å². The fourth-order valence-electron chi connectivity index (χ4n) is 2.65. The fourth-order valence-corrected chi connectivity index (χ4v) is 3.54. The van der Waals surface area contributed by atoms with Crippen molar-refractivity contribution in [3.63, 3.8) is 0 Å². The van der Waals surface area contributed by atoms with E-state index >= 15 is 0 Å². The van der Waals surface area contributed by atoms with Gasteiger partial charge in [-0.05, 0) is 49.6 Å². The molecule has 4 heteroatoms. The molecule has 0 spiro atoms. The molecule has 0 amide bonds. The normalized spacial score (nSPS) is 24.6. The van der Waals surface area contributed by atoms with Gasteiger partial charge in [0.1, 0.15) is 5.82 Å². The third-order valence-corrected chi connectivity index (χ3v) is 4.83. The van der Waals surface area contributed by atoms with E-state index in [1.54, 1.807) is 11.8 Å². The first-order chi connectivity index (χ1) is 9.19. The highest BCUT2D eigenvalue weighted by Crippen LogP contribution is 2.23. The van der Waals surface area contributed by atoms with Gasteiger partial charge in [-0.3, -0.25) is 4.90 Å². The van der Waals surface area contributed by atoms with E-state index in [9.17, 15) is 4.39 Å². The molecule has 2 atom stereocenters. The van der Waals surface area contributed by atoms with Crippen LogP contribution in [0.25, 0.3) is 0 Å². The molecule has 2 nitrogen and oxygen atoms in total. The molecule has 0 aromatic heterocycles. The predicted octanol–water partition coefficient (Wildman–Crippen LogP) is 2.98. The van der Waals surface area contributed by atoms with Crippen molar-refractivity contribution in [1.82, 2.24) is 4.90 Å². The van der Waals surface area contributed by atoms with E-state index < -0.39 is 0 Å². The van der Waals surface area contributed by atoms with Crippen LogP contribution in [0.5, 0.6) is 0 Å². The zero-order chi connectivity index (χ0) is 13.7. The number of hydrogen-bond donors (Lipinski definition) is 1. The van der Waals surface area contributed by atoms with Crippen molar-refractivity contribution in [2.45, 2.75) is 30.7 Å². The average Bonchev–Trinajstić information content (AvgIpc) is 2.42. The molecule has 106 valence electrons. The van der Waals surface area contributed by atoms with Gasteiger partial charge in [-0.2, -0.15) is 0 Å². The van der Waals surface area contributed by atoms with Crippen LogP contribution in [0.15, 0.2) is 29.2 Å². The van der Waals surface area contributed by atoms with Crippen molar-refractivity contribution in [2.24, 2.45) is 11.7 Å². The van der Waals surface area contributed by atoms with Gasteiger partial charge in [0.2, 0.25) is 0 Å². The highest BCUT2D eigenvalue weighted by Gasteiger charge is 2.24. The molecule has 0 aliphatic carbocycles. The summed E-state index contributed by atoms with van der Waals surface area (Å²) < 4.78 is 12.8. The molecule has 0 bridgehead atoms. The Kier molecular flexibility index (Phi) is 5.67. The number of hydrogen-bond acceptors (Lipinski definition) is 3. The summed E-state index contributed by atoms with van der Waals surface area (Å²) in [5, 5.41) is 0. The topological polar surface area (TPSA) is 29.3 Å². The third kappa shape index (κ3) is 4.48. The molecule has 1 heterocycles. The number of piperidine rings is 1. The van der Waals surface area contributed by atoms with Crippen LogP contribution < -0.4 is 5.73 Å². The first kappa shape index (κ1) is 14.8. The second-order valence-corrected chi connectivity index (χ2v) is 6.53. The summed E-state index contributed by atoms with van der Waals surface area (Å²) >= 11 is 1.79. The number of rotatable bonds is 5. The molecule has 0 saturated carbocycles. The maximum absolute atomic E-state index is 12.8. The molecule has 1 aromatic rings. The summed E-state index contributed by atoms with van der Waals surface area (Å²) in [6.45, 7) is 5.29. The van der Waals surface area contributed by atoms with E-state index in [-0.39, 0.29) is 5.82 Å². The van der Waals surface area contributed by atoms with Gasteiger partial charge < -0.3 is 5.73 Å². The number of nitrogens with zero attached hydrogens (tertiary/aromatic N) is 1. The minimum atomic E-state index is -0.169. The van der Waals surface area contributed by atoms with Crippen LogP contribution in [0.4, 0.5) is 4.39 Å². The lowest BCUT2D eigenvalue weighted by molar-refractivity contribution is 0.131. The van der Waals surface area contributed by atoms with E-state index in [2.05, 4.69) is 11.8 Å². The first-order valence-corrected chi connectivity index (χ1v) is 8.00. The number of thioether (sulfide) groups is 1. The Labute approximate surface area is 119 Å². The lowest BCUT2D eigenvalue weighted by Gasteiger charge is -2.37. The van der Waals surface area contributed by atoms with Crippen LogP contribution in [-0.2, 0) is 0 Å². The van der Waals surface area contributed by atoms with E-state index in [0.717, 1.165) is 36.2 Å². The van der Waals surface area contributed by atoms with Gasteiger partial charge in [0.15, 0.2) is 0 Å². The molecule has 1 fully saturated rings. The van der Waals surface area contributed by atoms with Gasteiger partial charge in [0.05, 0.1) is 0 Å². The minimum Gasteiger partial charge on any atom is -0.329 e. The fraction of sp³-hybridized carbons (Fsp3) is 0.600. The Morgan fingerprint density at radius 2 is 2.11 bits per heavy atom. The monoisotopic (exact) mass is 282 g/mol. The van der Waals surface area contributed by atoms with Crippen molar-refractivity contribution in [3.8, 4) is 0 Å². The third-order valence-electron chi connectivity index (χ3n) is 3.83. The van der Waals surface area contributed by atoms with Crippen LogP contribution in [0.3, 0.4) is 0 Å². The molecule has 1 saturated heterocycles. The van der Waals surface area contributed by atoms with E-state index in [1.807, 2.05) is 12.1 Å². The van der Waals surface area contributed by atoms with E-state index in [0.29, 0.717) is 6.04 Å². The van der Waals surface area contributed by atoms with Crippen molar-refractivity contribution < 1.29 is 4.39 Å². The molecular formula is C15H23FN2S. The van der Waals surface area contributed by atoms with Crippen molar-refractivity contribution in [1.29, 1.82) is 0 Å². The highest BCUT2D eigenvalue weighted by atomic mass is 32.2. The molecule has 1 aromatic carbocycles. The number of benzene rings is 1. The van der Waals surface area contributed by atoms with Crippen molar-refractivity contribution in [2.75, 3.05) is 25.4 Å². The Balaban J connectivity index is 1.77. The van der Waals surface area contributed by atoms with Gasteiger partial charge in [-0.25, -0.2) is 4.39 Å². The predicted molar refractivity (Wildman–Crippen MR) is 79.9 cm³/mol.